The normalized spacial score (nSPS) is 28.8. The van der Waals surface area contributed by atoms with Crippen LogP contribution in [0.3, 0.4) is 0 Å². The van der Waals surface area contributed by atoms with E-state index in [2.05, 4.69) is 0 Å². The van der Waals surface area contributed by atoms with Crippen molar-refractivity contribution >= 4 is 0 Å². The van der Waals surface area contributed by atoms with Crippen molar-refractivity contribution in [2.45, 2.75) is 19.6 Å². The Kier molecular flexibility index (Phi) is 3.87. The molecule has 106 valence electrons. The molecule has 1 fully saturated rings. The Morgan fingerprint density at radius 2 is 1.95 bits per heavy atom. The molecule has 1 saturated heterocycles. The maximum absolute atomic E-state index is 13.2. The van der Waals surface area contributed by atoms with Crippen LogP contribution in [-0.2, 0) is 6.54 Å². The van der Waals surface area contributed by atoms with Gasteiger partial charge in [-0.05, 0) is 24.9 Å². The lowest BCUT2D eigenvalue weighted by atomic mass is 9.79. The molecular weight excluding hydrogens is 253 g/mol. The Balaban J connectivity index is 2.11. The Hall–Kier alpha value is -1.07. The van der Waals surface area contributed by atoms with Gasteiger partial charge in [0.15, 0.2) is 0 Å². The van der Waals surface area contributed by atoms with Gasteiger partial charge in [0.25, 0.3) is 0 Å². The predicted molar refractivity (Wildman–Crippen MR) is 68.4 cm³/mol. The summed E-state index contributed by atoms with van der Waals surface area (Å²) in [5.74, 6) is -0.531. The van der Waals surface area contributed by atoms with Gasteiger partial charge in [-0.15, -0.1) is 0 Å². The highest BCUT2D eigenvalue weighted by molar-refractivity contribution is 5.15. The number of halogens is 3. The molecule has 1 aliphatic rings. The van der Waals surface area contributed by atoms with Crippen molar-refractivity contribution in [2.24, 2.45) is 17.1 Å². The lowest BCUT2D eigenvalue weighted by Gasteiger charge is -2.32. The number of nitrogens with two attached hydrogens (primary N) is 1. The van der Waals surface area contributed by atoms with Gasteiger partial charge in [0, 0.05) is 19.6 Å². The molecule has 0 aromatic heterocycles. The molecule has 5 heteroatoms. The van der Waals surface area contributed by atoms with E-state index >= 15 is 0 Å². The number of rotatable bonds is 3. The summed E-state index contributed by atoms with van der Waals surface area (Å²) in [4.78, 5) is 1.85. The third kappa shape index (κ3) is 2.77. The summed E-state index contributed by atoms with van der Waals surface area (Å²) in [5.41, 5.74) is 4.87. The summed E-state index contributed by atoms with van der Waals surface area (Å²) in [6.45, 7) is 2.33. The second-order valence-corrected chi connectivity index (χ2v) is 5.50. The van der Waals surface area contributed by atoms with Crippen LogP contribution in [0.5, 0.6) is 0 Å². The van der Waals surface area contributed by atoms with Crippen LogP contribution in [-0.4, -0.2) is 30.7 Å². The highest BCUT2D eigenvalue weighted by Gasteiger charge is 2.59. The summed E-state index contributed by atoms with van der Waals surface area (Å²) in [7, 11) is 0. The topological polar surface area (TPSA) is 29.3 Å². The van der Waals surface area contributed by atoms with Gasteiger partial charge < -0.3 is 5.73 Å². The maximum atomic E-state index is 13.2. The predicted octanol–water partition coefficient (Wildman–Crippen LogP) is 2.65. The van der Waals surface area contributed by atoms with E-state index < -0.39 is 17.5 Å². The van der Waals surface area contributed by atoms with Gasteiger partial charge >= 0.3 is 6.18 Å². The van der Waals surface area contributed by atoms with Gasteiger partial charge in [0.1, 0.15) is 0 Å². The molecular formula is C14H19F3N2. The number of likely N-dealkylation sites (tertiary alicyclic amines) is 1. The molecule has 1 aliphatic heterocycles. The molecule has 1 heterocycles. The van der Waals surface area contributed by atoms with Crippen molar-refractivity contribution in [1.82, 2.24) is 4.90 Å². The lowest BCUT2D eigenvalue weighted by Crippen LogP contribution is -2.44. The fourth-order valence-corrected chi connectivity index (χ4v) is 2.79. The fraction of sp³-hybridized carbons (Fsp3) is 0.571. The van der Waals surface area contributed by atoms with Crippen LogP contribution in [0.25, 0.3) is 0 Å². The van der Waals surface area contributed by atoms with Crippen molar-refractivity contribution in [3.8, 4) is 0 Å². The molecule has 1 aromatic carbocycles. The Bertz CT molecular complexity index is 418. The van der Waals surface area contributed by atoms with Crippen molar-refractivity contribution in [3.05, 3.63) is 35.9 Å². The van der Waals surface area contributed by atoms with Gasteiger partial charge in [-0.2, -0.15) is 13.2 Å². The van der Waals surface area contributed by atoms with Crippen LogP contribution in [0.4, 0.5) is 13.2 Å². The van der Waals surface area contributed by atoms with E-state index in [9.17, 15) is 13.2 Å². The molecule has 0 bridgehead atoms. The maximum Gasteiger partial charge on any atom is 0.395 e. The highest BCUT2D eigenvalue weighted by Crippen LogP contribution is 2.48. The second-order valence-electron chi connectivity index (χ2n) is 5.50. The fourth-order valence-electron chi connectivity index (χ4n) is 2.79. The number of nitrogens with zero attached hydrogens (tertiary/aromatic N) is 1. The van der Waals surface area contributed by atoms with E-state index in [0.717, 1.165) is 5.56 Å². The Labute approximate surface area is 111 Å². The van der Waals surface area contributed by atoms with Crippen LogP contribution in [0.15, 0.2) is 30.3 Å². The van der Waals surface area contributed by atoms with Crippen LogP contribution in [0.1, 0.15) is 12.5 Å². The third-order valence-corrected chi connectivity index (χ3v) is 4.11. The molecule has 19 heavy (non-hydrogen) atoms. The summed E-state index contributed by atoms with van der Waals surface area (Å²) in [6, 6.07) is 9.56. The molecule has 2 atom stereocenters. The van der Waals surface area contributed by atoms with Crippen molar-refractivity contribution in [1.29, 1.82) is 0 Å². The quantitative estimate of drug-likeness (QED) is 0.916. The summed E-state index contributed by atoms with van der Waals surface area (Å²) >= 11 is 0. The monoisotopic (exact) mass is 272 g/mol. The zero-order valence-electron chi connectivity index (χ0n) is 11.0. The summed E-state index contributed by atoms with van der Waals surface area (Å²) in [5, 5.41) is 0. The van der Waals surface area contributed by atoms with Crippen LogP contribution in [0.2, 0.25) is 0 Å². The minimum atomic E-state index is -4.21. The van der Waals surface area contributed by atoms with Gasteiger partial charge in [-0.25, -0.2) is 0 Å². The van der Waals surface area contributed by atoms with E-state index in [0.29, 0.717) is 13.1 Å². The summed E-state index contributed by atoms with van der Waals surface area (Å²) < 4.78 is 39.6. The highest BCUT2D eigenvalue weighted by atomic mass is 19.4. The van der Waals surface area contributed by atoms with E-state index in [1.807, 2.05) is 35.2 Å². The van der Waals surface area contributed by atoms with Crippen LogP contribution < -0.4 is 5.73 Å². The Morgan fingerprint density at radius 3 is 2.42 bits per heavy atom. The number of hydrogen-bond donors (Lipinski definition) is 1. The lowest BCUT2D eigenvalue weighted by molar-refractivity contribution is -0.224. The van der Waals surface area contributed by atoms with Crippen molar-refractivity contribution in [2.75, 3.05) is 19.6 Å². The SMILES string of the molecule is CC1(C(F)(F)F)CN(Cc2ccccc2)CC1CN. The zero-order chi connectivity index (χ0) is 14.1. The minimum Gasteiger partial charge on any atom is -0.330 e. The third-order valence-electron chi connectivity index (χ3n) is 4.11. The first-order chi connectivity index (χ1) is 8.87. The first-order valence-corrected chi connectivity index (χ1v) is 6.40. The number of benzene rings is 1. The molecule has 0 aliphatic carbocycles. The number of hydrogen-bond acceptors (Lipinski definition) is 2. The van der Waals surface area contributed by atoms with Crippen molar-refractivity contribution < 1.29 is 13.2 Å². The molecule has 2 unspecified atom stereocenters. The molecule has 2 nitrogen and oxygen atoms in total. The van der Waals surface area contributed by atoms with Gasteiger partial charge in [-0.3, -0.25) is 4.90 Å². The van der Waals surface area contributed by atoms with Gasteiger partial charge in [0.2, 0.25) is 0 Å². The van der Waals surface area contributed by atoms with E-state index in [1.165, 1.54) is 6.92 Å². The molecule has 0 spiro atoms. The molecule has 0 amide bonds. The van der Waals surface area contributed by atoms with E-state index in [1.54, 1.807) is 0 Å². The van der Waals surface area contributed by atoms with E-state index in [-0.39, 0.29) is 13.1 Å². The molecule has 2 rings (SSSR count). The van der Waals surface area contributed by atoms with E-state index in [4.69, 9.17) is 5.73 Å². The smallest absolute Gasteiger partial charge is 0.330 e. The number of alkyl halides is 3. The zero-order valence-corrected chi connectivity index (χ0v) is 11.0. The first-order valence-electron chi connectivity index (χ1n) is 6.40. The minimum absolute atomic E-state index is 0.0211. The average Bonchev–Trinajstić information content (AvgIpc) is 2.67. The van der Waals surface area contributed by atoms with Gasteiger partial charge in [0.05, 0.1) is 5.41 Å². The standard InChI is InChI=1S/C14H19F3N2/c1-13(14(15,16)17)10-19(9-12(13)7-18)8-11-5-3-2-4-6-11/h2-6,12H,7-10,18H2,1H3. The largest absolute Gasteiger partial charge is 0.395 e. The van der Waals surface area contributed by atoms with Gasteiger partial charge in [-0.1, -0.05) is 30.3 Å². The average molecular weight is 272 g/mol. The first kappa shape index (κ1) is 14.3. The molecule has 0 radical (unpaired) electrons. The second kappa shape index (κ2) is 5.13. The summed E-state index contributed by atoms with van der Waals surface area (Å²) in [6.07, 6.45) is -4.21. The van der Waals surface area contributed by atoms with Crippen LogP contribution in [0, 0.1) is 11.3 Å². The molecule has 1 aromatic rings. The molecule has 0 saturated carbocycles. The van der Waals surface area contributed by atoms with Crippen molar-refractivity contribution in [3.63, 3.8) is 0 Å². The molecule has 2 N–H and O–H groups in total. The Morgan fingerprint density at radius 1 is 1.32 bits per heavy atom. The van der Waals surface area contributed by atoms with Crippen LogP contribution >= 0.6 is 0 Å².